The highest BCUT2D eigenvalue weighted by atomic mass is 19.1. The summed E-state index contributed by atoms with van der Waals surface area (Å²) in [6.45, 7) is 7.12. The molecule has 0 radical (unpaired) electrons. The van der Waals surface area contributed by atoms with Gasteiger partial charge in [-0.05, 0) is 44.9 Å². The second-order valence-corrected chi connectivity index (χ2v) is 9.00. The number of rotatable bonds is 6. The van der Waals surface area contributed by atoms with Crippen LogP contribution in [0.25, 0.3) is 11.4 Å². The van der Waals surface area contributed by atoms with Gasteiger partial charge < -0.3 is 10.6 Å². The van der Waals surface area contributed by atoms with Gasteiger partial charge in [-0.15, -0.1) is 0 Å². The SMILES string of the molecule is Cc1c(CNC(=O)c2nn(C(C)(C)C)cc2F)ccc(-c2ncnc(Nc3cnn(C)c3)n2)c1F. The van der Waals surface area contributed by atoms with E-state index >= 15 is 4.39 Å². The van der Waals surface area contributed by atoms with Gasteiger partial charge in [-0.3, -0.25) is 14.2 Å². The molecule has 4 aromatic rings. The second kappa shape index (κ2) is 9.20. The summed E-state index contributed by atoms with van der Waals surface area (Å²) in [6.07, 6.45) is 5.82. The third-order valence-electron chi connectivity index (χ3n) is 5.28. The first kappa shape index (κ1) is 23.9. The Morgan fingerprint density at radius 2 is 1.91 bits per heavy atom. The molecule has 0 atom stereocenters. The standard InChI is InChI=1S/C23H25F2N9O/c1-13-14(8-26-21(35)19-17(24)11-34(32-19)23(2,3)4)6-7-16(18(13)25)20-27-12-28-22(31-20)30-15-9-29-33(5)10-15/h6-7,9-12H,8H2,1-5H3,(H,26,35)(H,27,28,30,31). The lowest BCUT2D eigenvalue weighted by molar-refractivity contribution is 0.0940. The fraction of sp³-hybridized carbons (Fsp3) is 0.304. The maximum Gasteiger partial charge on any atom is 0.275 e. The highest BCUT2D eigenvalue weighted by Gasteiger charge is 2.23. The smallest absolute Gasteiger partial charge is 0.275 e. The van der Waals surface area contributed by atoms with Crippen LogP contribution in [0, 0.1) is 18.6 Å². The molecule has 0 aliphatic carbocycles. The van der Waals surface area contributed by atoms with Crippen molar-refractivity contribution in [2.75, 3.05) is 5.32 Å². The summed E-state index contributed by atoms with van der Waals surface area (Å²) in [5.41, 5.74) is 0.912. The fourth-order valence-electron chi connectivity index (χ4n) is 3.30. The molecule has 182 valence electrons. The molecule has 4 rings (SSSR count). The van der Waals surface area contributed by atoms with Crippen LogP contribution in [-0.2, 0) is 19.1 Å². The summed E-state index contributed by atoms with van der Waals surface area (Å²) in [6, 6.07) is 3.19. The Morgan fingerprint density at radius 1 is 1.14 bits per heavy atom. The van der Waals surface area contributed by atoms with Gasteiger partial charge in [0.15, 0.2) is 17.3 Å². The van der Waals surface area contributed by atoms with Crippen LogP contribution in [0.1, 0.15) is 42.4 Å². The first-order chi connectivity index (χ1) is 16.5. The van der Waals surface area contributed by atoms with Crippen LogP contribution in [-0.4, -0.2) is 40.4 Å². The van der Waals surface area contributed by atoms with Crippen molar-refractivity contribution in [3.8, 4) is 11.4 Å². The lowest BCUT2D eigenvalue weighted by Gasteiger charge is -2.18. The highest BCUT2D eigenvalue weighted by Crippen LogP contribution is 2.25. The minimum absolute atomic E-state index is 0.00526. The number of hydrogen-bond acceptors (Lipinski definition) is 7. The van der Waals surface area contributed by atoms with Crippen LogP contribution >= 0.6 is 0 Å². The molecule has 0 aliphatic rings. The predicted octanol–water partition coefficient (Wildman–Crippen LogP) is 3.48. The summed E-state index contributed by atoms with van der Waals surface area (Å²) >= 11 is 0. The fourth-order valence-corrected chi connectivity index (χ4v) is 3.30. The molecule has 0 bridgehead atoms. The van der Waals surface area contributed by atoms with Gasteiger partial charge in [0.1, 0.15) is 12.1 Å². The number of carbonyl (C=O) groups excluding carboxylic acids is 1. The number of anilines is 2. The van der Waals surface area contributed by atoms with Crippen LogP contribution < -0.4 is 10.6 Å². The Kier molecular flexibility index (Phi) is 6.29. The molecule has 0 fully saturated rings. The minimum atomic E-state index is -0.721. The van der Waals surface area contributed by atoms with E-state index in [9.17, 15) is 9.18 Å². The van der Waals surface area contributed by atoms with E-state index in [2.05, 4.69) is 35.8 Å². The third-order valence-corrected chi connectivity index (χ3v) is 5.28. The zero-order valence-corrected chi connectivity index (χ0v) is 20.0. The number of hydrogen-bond donors (Lipinski definition) is 2. The molecule has 35 heavy (non-hydrogen) atoms. The van der Waals surface area contributed by atoms with E-state index in [1.165, 1.54) is 23.3 Å². The molecular weight excluding hydrogens is 456 g/mol. The van der Waals surface area contributed by atoms with Gasteiger partial charge in [-0.1, -0.05) is 6.07 Å². The van der Waals surface area contributed by atoms with Crippen LogP contribution in [0.4, 0.5) is 20.4 Å². The lowest BCUT2D eigenvalue weighted by Crippen LogP contribution is -2.26. The van der Waals surface area contributed by atoms with Crippen LogP contribution in [0.15, 0.2) is 37.1 Å². The average Bonchev–Trinajstić information content (AvgIpc) is 3.40. The summed E-state index contributed by atoms with van der Waals surface area (Å²) in [5, 5.41) is 13.7. The van der Waals surface area contributed by atoms with Gasteiger partial charge in [-0.2, -0.15) is 15.2 Å². The van der Waals surface area contributed by atoms with Crippen molar-refractivity contribution in [2.24, 2.45) is 7.05 Å². The molecule has 0 spiro atoms. The van der Waals surface area contributed by atoms with Crippen molar-refractivity contribution in [3.63, 3.8) is 0 Å². The molecule has 0 aliphatic heterocycles. The summed E-state index contributed by atoms with van der Waals surface area (Å²) in [4.78, 5) is 24.9. The first-order valence-electron chi connectivity index (χ1n) is 10.8. The van der Waals surface area contributed by atoms with Crippen molar-refractivity contribution < 1.29 is 13.6 Å². The number of benzene rings is 1. The number of aryl methyl sites for hydroxylation is 1. The van der Waals surface area contributed by atoms with Gasteiger partial charge in [0, 0.05) is 19.8 Å². The molecule has 1 amide bonds. The van der Waals surface area contributed by atoms with E-state index in [1.807, 2.05) is 20.8 Å². The van der Waals surface area contributed by atoms with Gasteiger partial charge in [0.25, 0.3) is 5.91 Å². The molecule has 12 heteroatoms. The number of aromatic nitrogens is 7. The monoisotopic (exact) mass is 481 g/mol. The Balaban J connectivity index is 1.50. The Morgan fingerprint density at radius 3 is 2.57 bits per heavy atom. The van der Waals surface area contributed by atoms with E-state index in [4.69, 9.17) is 0 Å². The maximum atomic E-state index is 15.2. The molecular formula is C23H25F2N9O. The molecule has 3 aromatic heterocycles. The minimum Gasteiger partial charge on any atom is -0.346 e. The summed E-state index contributed by atoms with van der Waals surface area (Å²) in [5.74, 6) is -1.54. The zero-order valence-electron chi connectivity index (χ0n) is 20.0. The van der Waals surface area contributed by atoms with E-state index in [0.29, 0.717) is 16.8 Å². The third kappa shape index (κ3) is 5.15. The summed E-state index contributed by atoms with van der Waals surface area (Å²) in [7, 11) is 1.78. The normalized spacial score (nSPS) is 11.5. The molecule has 1 aromatic carbocycles. The second-order valence-electron chi connectivity index (χ2n) is 9.00. The van der Waals surface area contributed by atoms with E-state index < -0.39 is 23.1 Å². The van der Waals surface area contributed by atoms with Crippen LogP contribution in [0.3, 0.4) is 0 Å². The highest BCUT2D eigenvalue weighted by molar-refractivity contribution is 5.92. The van der Waals surface area contributed by atoms with Gasteiger partial charge in [-0.25, -0.2) is 18.7 Å². The van der Waals surface area contributed by atoms with Crippen molar-refractivity contribution >= 4 is 17.5 Å². The van der Waals surface area contributed by atoms with Crippen molar-refractivity contribution in [1.82, 2.24) is 39.8 Å². The molecule has 0 saturated heterocycles. The first-order valence-corrected chi connectivity index (χ1v) is 10.8. The Hall–Kier alpha value is -4.22. The Labute approximate surface area is 200 Å². The Bertz CT molecular complexity index is 1390. The number of carbonyl (C=O) groups is 1. The molecule has 10 nitrogen and oxygen atoms in total. The average molecular weight is 482 g/mol. The number of nitrogens with one attached hydrogen (secondary N) is 2. The van der Waals surface area contributed by atoms with Crippen molar-refractivity contribution in [1.29, 1.82) is 0 Å². The van der Waals surface area contributed by atoms with Gasteiger partial charge in [0.05, 0.1) is 29.2 Å². The summed E-state index contributed by atoms with van der Waals surface area (Å²) < 4.78 is 32.5. The van der Waals surface area contributed by atoms with Crippen LogP contribution in [0.2, 0.25) is 0 Å². The van der Waals surface area contributed by atoms with Crippen molar-refractivity contribution in [2.45, 2.75) is 39.8 Å². The topological polar surface area (TPSA) is 115 Å². The largest absolute Gasteiger partial charge is 0.346 e. The van der Waals surface area contributed by atoms with E-state index in [0.717, 1.165) is 0 Å². The number of amides is 1. The molecule has 0 unspecified atom stereocenters. The number of halogens is 2. The van der Waals surface area contributed by atoms with E-state index in [1.54, 1.807) is 37.1 Å². The lowest BCUT2D eigenvalue weighted by atomic mass is 10.0. The quantitative estimate of drug-likeness (QED) is 0.433. The molecule has 2 N–H and O–H groups in total. The van der Waals surface area contributed by atoms with Crippen LogP contribution in [0.5, 0.6) is 0 Å². The maximum absolute atomic E-state index is 15.2. The molecule has 3 heterocycles. The zero-order chi connectivity index (χ0) is 25.3. The van der Waals surface area contributed by atoms with Crippen molar-refractivity contribution in [3.05, 3.63) is 65.5 Å². The predicted molar refractivity (Wildman–Crippen MR) is 125 cm³/mol. The molecule has 0 saturated carbocycles. The van der Waals surface area contributed by atoms with Gasteiger partial charge >= 0.3 is 0 Å². The number of nitrogens with zero attached hydrogens (tertiary/aromatic N) is 7. The van der Waals surface area contributed by atoms with E-state index in [-0.39, 0.29) is 29.6 Å². The van der Waals surface area contributed by atoms with Gasteiger partial charge in [0.2, 0.25) is 5.95 Å².